The molecule has 0 saturated carbocycles. The summed E-state index contributed by atoms with van der Waals surface area (Å²) >= 11 is 0. The van der Waals surface area contributed by atoms with Gasteiger partial charge in [0.2, 0.25) is 0 Å². The Labute approximate surface area is 122 Å². The molecule has 1 aliphatic rings. The van der Waals surface area contributed by atoms with Crippen LogP contribution in [-0.2, 0) is 20.8 Å². The Hall–Kier alpha value is -1.08. The Bertz CT molecular complexity index is 625. The Morgan fingerprint density at radius 1 is 1.38 bits per heavy atom. The minimum atomic E-state index is -4.57. The highest BCUT2D eigenvalue weighted by Crippen LogP contribution is 2.38. The van der Waals surface area contributed by atoms with Gasteiger partial charge in [-0.2, -0.15) is 13.2 Å². The predicted molar refractivity (Wildman–Crippen MR) is 71.4 cm³/mol. The molecule has 0 N–H and O–H groups in total. The van der Waals surface area contributed by atoms with Crippen molar-refractivity contribution in [2.75, 3.05) is 6.61 Å². The molecule has 1 fully saturated rings. The first-order chi connectivity index (χ1) is 9.56. The van der Waals surface area contributed by atoms with Gasteiger partial charge in [0, 0.05) is 6.61 Å². The molecule has 0 bridgehead atoms. The first-order valence-corrected chi connectivity index (χ1v) is 7.91. The van der Waals surface area contributed by atoms with Crippen LogP contribution >= 0.6 is 0 Å². The van der Waals surface area contributed by atoms with Crippen LogP contribution in [0.2, 0.25) is 0 Å². The number of halogens is 3. The van der Waals surface area contributed by atoms with Gasteiger partial charge in [-0.15, -0.1) is 0 Å². The monoisotopic (exact) mass is 321 g/mol. The van der Waals surface area contributed by atoms with Gasteiger partial charge >= 0.3 is 6.18 Å². The van der Waals surface area contributed by atoms with Crippen LogP contribution < -0.4 is 0 Å². The molecule has 117 valence electrons. The quantitative estimate of drug-likeness (QED) is 0.840. The molecule has 1 aliphatic heterocycles. The van der Waals surface area contributed by atoms with Gasteiger partial charge in [0.05, 0.1) is 21.3 Å². The van der Waals surface area contributed by atoms with Crippen molar-refractivity contribution >= 4 is 9.84 Å². The maximum Gasteiger partial charge on any atom is 0.416 e. The van der Waals surface area contributed by atoms with Gasteiger partial charge in [0.25, 0.3) is 0 Å². The van der Waals surface area contributed by atoms with E-state index in [1.165, 1.54) is 13.0 Å². The molecule has 2 rings (SSSR count). The van der Waals surface area contributed by atoms with Crippen molar-refractivity contribution in [1.29, 1.82) is 0 Å². The zero-order valence-electron chi connectivity index (χ0n) is 11.5. The van der Waals surface area contributed by atoms with Crippen LogP contribution in [0.25, 0.3) is 0 Å². The molecule has 2 unspecified atom stereocenters. The van der Waals surface area contributed by atoms with E-state index in [-0.39, 0.29) is 24.3 Å². The average Bonchev–Trinajstić information content (AvgIpc) is 2.37. The van der Waals surface area contributed by atoms with Crippen molar-refractivity contribution in [2.24, 2.45) is 0 Å². The maximum atomic E-state index is 12.7. The van der Waals surface area contributed by atoms with Crippen molar-refractivity contribution in [1.82, 2.24) is 0 Å². The fourth-order valence-electron chi connectivity index (χ4n) is 2.45. The lowest BCUT2D eigenvalue weighted by molar-refractivity contribution is -0.137. The van der Waals surface area contributed by atoms with Gasteiger partial charge in [0.1, 0.15) is 0 Å². The normalized spacial score (nSPS) is 27.6. The average molecular weight is 321 g/mol. The zero-order valence-corrected chi connectivity index (χ0v) is 12.3. The first kappa shape index (κ1) is 16.3. The third-order valence-electron chi connectivity index (χ3n) is 3.76. The summed E-state index contributed by atoms with van der Waals surface area (Å²) in [5.41, 5.74) is -0.967. The molecule has 1 saturated heterocycles. The van der Waals surface area contributed by atoms with Gasteiger partial charge in [-0.25, -0.2) is 8.42 Å². The lowest BCUT2D eigenvalue weighted by Crippen LogP contribution is -2.44. The van der Waals surface area contributed by atoms with Crippen molar-refractivity contribution in [2.45, 2.75) is 41.7 Å². The van der Waals surface area contributed by atoms with E-state index in [1.807, 2.05) is 0 Å². The van der Waals surface area contributed by atoms with E-state index in [2.05, 4.69) is 6.92 Å². The second kappa shape index (κ2) is 5.28. The van der Waals surface area contributed by atoms with Crippen molar-refractivity contribution in [3.8, 4) is 0 Å². The molecule has 0 aromatic heterocycles. The van der Waals surface area contributed by atoms with E-state index < -0.39 is 32.4 Å². The van der Waals surface area contributed by atoms with E-state index in [4.69, 9.17) is 4.74 Å². The van der Waals surface area contributed by atoms with Gasteiger partial charge in [-0.3, -0.25) is 0 Å². The number of hydrogen-bond acceptors (Lipinski definition) is 3. The largest absolute Gasteiger partial charge is 0.416 e. The summed E-state index contributed by atoms with van der Waals surface area (Å²) in [4.78, 5) is -0.311. The molecule has 0 amide bonds. The fourth-order valence-corrected chi connectivity index (χ4v) is 4.32. The van der Waals surface area contributed by atoms with Gasteiger partial charge in [-0.05, 0) is 44.9 Å². The smallest absolute Gasteiger partial charge is 0.378 e. The third-order valence-corrected chi connectivity index (χ3v) is 6.31. The minimum Gasteiger partial charge on any atom is -0.378 e. The standard InChI is InChI=1S/C14H16F3O3S/c1-10-9-13(2,6-7-20-10)21(18,19)12-5-3-4-11(8-12)14(15,16)17/h3-5,8,10H,1,6-7,9H2,2H3. The van der Waals surface area contributed by atoms with Gasteiger partial charge in [-0.1, -0.05) is 6.07 Å². The molecule has 1 aromatic carbocycles. The predicted octanol–water partition coefficient (Wildman–Crippen LogP) is 3.25. The second-order valence-electron chi connectivity index (χ2n) is 5.43. The molecule has 3 nitrogen and oxygen atoms in total. The Morgan fingerprint density at radius 2 is 2.05 bits per heavy atom. The van der Waals surface area contributed by atoms with Crippen LogP contribution in [-0.4, -0.2) is 25.9 Å². The zero-order chi connectivity index (χ0) is 15.9. The topological polar surface area (TPSA) is 43.4 Å². The number of hydrogen-bond donors (Lipinski definition) is 0. The van der Waals surface area contributed by atoms with E-state index in [1.54, 1.807) is 0 Å². The van der Waals surface area contributed by atoms with Crippen LogP contribution in [0.15, 0.2) is 29.2 Å². The van der Waals surface area contributed by atoms with Crippen molar-refractivity contribution < 1.29 is 26.3 Å². The number of ether oxygens (including phenoxy) is 1. The molecule has 7 heteroatoms. The maximum absolute atomic E-state index is 12.7. The number of alkyl halides is 3. The van der Waals surface area contributed by atoms with E-state index >= 15 is 0 Å². The molecule has 21 heavy (non-hydrogen) atoms. The number of sulfone groups is 1. The van der Waals surface area contributed by atoms with Crippen LogP contribution in [0.1, 0.15) is 25.3 Å². The molecule has 0 aliphatic carbocycles. The lowest BCUT2D eigenvalue weighted by atomic mass is 9.97. The first-order valence-electron chi connectivity index (χ1n) is 6.43. The lowest BCUT2D eigenvalue weighted by Gasteiger charge is -2.36. The number of benzene rings is 1. The second-order valence-corrected chi connectivity index (χ2v) is 7.89. The SMILES string of the molecule is [CH2]C1CC(C)(S(=O)(=O)c2cccc(C(F)(F)F)c2)CCO1. The molecular weight excluding hydrogens is 305 g/mol. The molecule has 0 spiro atoms. The summed E-state index contributed by atoms with van der Waals surface area (Å²) in [5.74, 6) is 0. The van der Waals surface area contributed by atoms with E-state index in [0.717, 1.165) is 12.1 Å². The molecular formula is C14H16F3O3S. The van der Waals surface area contributed by atoms with Crippen LogP contribution in [0, 0.1) is 6.92 Å². The molecule has 2 atom stereocenters. The minimum absolute atomic E-state index is 0.158. The summed E-state index contributed by atoms with van der Waals surface area (Å²) in [6, 6.07) is 3.85. The highest BCUT2D eigenvalue weighted by molar-refractivity contribution is 7.92. The van der Waals surface area contributed by atoms with Crippen LogP contribution in [0.4, 0.5) is 13.2 Å². The van der Waals surface area contributed by atoms with Crippen molar-refractivity contribution in [3.63, 3.8) is 0 Å². The van der Waals surface area contributed by atoms with Crippen LogP contribution in [0.5, 0.6) is 0 Å². The molecule has 1 aromatic rings. The highest BCUT2D eigenvalue weighted by atomic mass is 32.2. The molecule has 1 radical (unpaired) electrons. The van der Waals surface area contributed by atoms with Gasteiger partial charge < -0.3 is 4.74 Å². The fraction of sp³-hybridized carbons (Fsp3) is 0.500. The van der Waals surface area contributed by atoms with Crippen LogP contribution in [0.3, 0.4) is 0 Å². The van der Waals surface area contributed by atoms with E-state index in [9.17, 15) is 21.6 Å². The number of rotatable bonds is 2. The summed E-state index contributed by atoms with van der Waals surface area (Å²) < 4.78 is 67.6. The highest BCUT2D eigenvalue weighted by Gasteiger charge is 2.44. The summed E-state index contributed by atoms with van der Waals surface area (Å²) in [7, 11) is -3.90. The Morgan fingerprint density at radius 3 is 2.62 bits per heavy atom. The molecule has 1 heterocycles. The van der Waals surface area contributed by atoms with E-state index in [0.29, 0.717) is 6.07 Å². The van der Waals surface area contributed by atoms with Crippen molar-refractivity contribution in [3.05, 3.63) is 36.8 Å². The van der Waals surface area contributed by atoms with Gasteiger partial charge in [0.15, 0.2) is 9.84 Å². The third kappa shape index (κ3) is 3.08. The summed E-state index contributed by atoms with van der Waals surface area (Å²) in [6.07, 6.45) is -4.66. The summed E-state index contributed by atoms with van der Waals surface area (Å²) in [5, 5.41) is 0. The Balaban J connectivity index is 2.45. The summed E-state index contributed by atoms with van der Waals surface area (Å²) in [6.45, 7) is 5.45. The Kier molecular flexibility index (Phi) is 4.10.